The van der Waals surface area contributed by atoms with Gasteiger partial charge in [-0.1, -0.05) is 11.6 Å². The molecular formula is C20H19ClN4O5. The second-order valence-corrected chi connectivity index (χ2v) is 7.13. The first-order valence-electron chi connectivity index (χ1n) is 9.52. The number of fused-ring (bicyclic) bond motifs is 2. The number of carbonyl (C=O) groups is 3. The van der Waals surface area contributed by atoms with Crippen molar-refractivity contribution in [2.75, 3.05) is 37.7 Å². The number of hydrogen-bond donors (Lipinski definition) is 0. The summed E-state index contributed by atoms with van der Waals surface area (Å²) in [5.74, 6) is -0.869. The smallest absolute Gasteiger partial charge is 0.325 e. The molecule has 0 fully saturated rings. The van der Waals surface area contributed by atoms with Gasteiger partial charge in [0.1, 0.15) is 30.2 Å². The molecule has 2 amide bonds. The van der Waals surface area contributed by atoms with E-state index in [1.807, 2.05) is 6.07 Å². The van der Waals surface area contributed by atoms with Crippen LogP contribution < -0.4 is 9.64 Å². The molecule has 0 atom stereocenters. The highest BCUT2D eigenvalue weighted by Gasteiger charge is 2.31. The van der Waals surface area contributed by atoms with E-state index in [-0.39, 0.29) is 48.2 Å². The van der Waals surface area contributed by atoms with Gasteiger partial charge in [0.05, 0.1) is 13.2 Å². The minimum Gasteiger partial charge on any atom is -0.475 e. The standard InChI is InChI=1S/C20H19ClN4O5/c1-2-29-15(26)10-24-6-5-12-9-13(3-4-14(12)19(24)27)25-7-8-30-18-16(20(25)28)17(21)22-11-23-18/h3-4,9,11H,2,5-8,10H2,1H3. The number of aromatic nitrogens is 2. The maximum atomic E-state index is 13.1. The molecule has 2 aliphatic heterocycles. The first-order valence-corrected chi connectivity index (χ1v) is 9.90. The van der Waals surface area contributed by atoms with E-state index in [2.05, 4.69) is 9.97 Å². The summed E-state index contributed by atoms with van der Waals surface area (Å²) in [6, 6.07) is 5.19. The van der Waals surface area contributed by atoms with Crippen LogP contribution >= 0.6 is 11.6 Å². The van der Waals surface area contributed by atoms with Crippen molar-refractivity contribution in [2.24, 2.45) is 0 Å². The highest BCUT2D eigenvalue weighted by Crippen LogP contribution is 2.30. The molecule has 156 valence electrons. The van der Waals surface area contributed by atoms with Gasteiger partial charge in [-0.3, -0.25) is 14.4 Å². The Hall–Kier alpha value is -3.20. The third-order valence-electron chi connectivity index (χ3n) is 4.97. The van der Waals surface area contributed by atoms with Crippen molar-refractivity contribution in [3.63, 3.8) is 0 Å². The molecular weight excluding hydrogens is 412 g/mol. The van der Waals surface area contributed by atoms with Gasteiger partial charge in [0.25, 0.3) is 11.8 Å². The Morgan fingerprint density at radius 2 is 2.07 bits per heavy atom. The van der Waals surface area contributed by atoms with Crippen molar-refractivity contribution in [2.45, 2.75) is 13.3 Å². The predicted molar refractivity (Wildman–Crippen MR) is 107 cm³/mol. The lowest BCUT2D eigenvalue weighted by Gasteiger charge is -2.29. The number of ether oxygens (including phenoxy) is 2. The summed E-state index contributed by atoms with van der Waals surface area (Å²) in [6.45, 7) is 2.85. The third kappa shape index (κ3) is 3.68. The fourth-order valence-corrected chi connectivity index (χ4v) is 3.76. The topological polar surface area (TPSA) is 102 Å². The summed E-state index contributed by atoms with van der Waals surface area (Å²) in [5, 5.41) is 0.0274. The number of nitrogens with zero attached hydrogens (tertiary/aromatic N) is 4. The summed E-state index contributed by atoms with van der Waals surface area (Å²) in [7, 11) is 0. The van der Waals surface area contributed by atoms with Crippen LogP contribution in [0.2, 0.25) is 5.15 Å². The Labute approximate surface area is 177 Å². The van der Waals surface area contributed by atoms with E-state index >= 15 is 0 Å². The monoisotopic (exact) mass is 430 g/mol. The lowest BCUT2D eigenvalue weighted by atomic mass is 9.97. The van der Waals surface area contributed by atoms with Crippen molar-refractivity contribution in [3.05, 3.63) is 46.4 Å². The van der Waals surface area contributed by atoms with Crippen molar-refractivity contribution < 1.29 is 23.9 Å². The Balaban J connectivity index is 1.60. The first-order chi connectivity index (χ1) is 14.5. The maximum absolute atomic E-state index is 13.1. The zero-order valence-corrected chi connectivity index (χ0v) is 17.0. The average molecular weight is 431 g/mol. The highest BCUT2D eigenvalue weighted by molar-refractivity contribution is 6.33. The van der Waals surface area contributed by atoms with E-state index in [0.29, 0.717) is 30.8 Å². The molecule has 4 rings (SSSR count). The van der Waals surface area contributed by atoms with Crippen LogP contribution in [0.4, 0.5) is 5.69 Å². The summed E-state index contributed by atoms with van der Waals surface area (Å²) in [4.78, 5) is 48.4. The average Bonchev–Trinajstić information content (AvgIpc) is 2.90. The summed E-state index contributed by atoms with van der Waals surface area (Å²) in [5.41, 5.74) is 2.06. The molecule has 2 aromatic rings. The number of halogens is 1. The quantitative estimate of drug-likeness (QED) is 0.537. The summed E-state index contributed by atoms with van der Waals surface area (Å²) >= 11 is 6.11. The van der Waals surface area contributed by atoms with E-state index in [1.165, 1.54) is 16.1 Å². The van der Waals surface area contributed by atoms with Crippen LogP contribution in [0.1, 0.15) is 33.2 Å². The molecule has 1 aromatic heterocycles. The van der Waals surface area contributed by atoms with Crippen LogP contribution in [0.5, 0.6) is 5.88 Å². The van der Waals surface area contributed by atoms with Gasteiger partial charge in [0, 0.05) is 17.8 Å². The summed E-state index contributed by atoms with van der Waals surface area (Å²) in [6.07, 6.45) is 1.81. The van der Waals surface area contributed by atoms with Gasteiger partial charge in [-0.2, -0.15) is 0 Å². The van der Waals surface area contributed by atoms with E-state index in [0.717, 1.165) is 5.56 Å². The second-order valence-electron chi connectivity index (χ2n) is 6.77. The fraction of sp³-hybridized carbons (Fsp3) is 0.350. The number of hydrogen-bond acceptors (Lipinski definition) is 7. The molecule has 30 heavy (non-hydrogen) atoms. The van der Waals surface area contributed by atoms with Gasteiger partial charge in [-0.25, -0.2) is 9.97 Å². The fourth-order valence-electron chi connectivity index (χ4n) is 3.56. The predicted octanol–water partition coefficient (Wildman–Crippen LogP) is 1.73. The van der Waals surface area contributed by atoms with Gasteiger partial charge < -0.3 is 19.3 Å². The zero-order chi connectivity index (χ0) is 21.3. The molecule has 0 saturated heterocycles. The molecule has 0 unspecified atom stereocenters. The number of carbonyl (C=O) groups excluding carboxylic acids is 3. The van der Waals surface area contributed by atoms with Crippen LogP contribution in [0.3, 0.4) is 0 Å². The number of benzene rings is 1. The molecule has 0 aliphatic carbocycles. The number of rotatable bonds is 4. The van der Waals surface area contributed by atoms with Gasteiger partial charge in [-0.15, -0.1) is 0 Å². The molecule has 2 aliphatic rings. The van der Waals surface area contributed by atoms with E-state index < -0.39 is 5.97 Å². The van der Waals surface area contributed by atoms with Crippen LogP contribution in [0.15, 0.2) is 24.5 Å². The van der Waals surface area contributed by atoms with Crippen molar-refractivity contribution in [1.82, 2.24) is 14.9 Å². The molecule has 0 saturated carbocycles. The molecule has 1 aromatic carbocycles. The van der Waals surface area contributed by atoms with Gasteiger partial charge in [-0.05, 0) is 37.1 Å². The van der Waals surface area contributed by atoms with E-state index in [4.69, 9.17) is 21.1 Å². The lowest BCUT2D eigenvalue weighted by Crippen LogP contribution is -2.41. The third-order valence-corrected chi connectivity index (χ3v) is 5.26. The normalized spacial score (nSPS) is 15.8. The van der Waals surface area contributed by atoms with E-state index in [9.17, 15) is 14.4 Å². The Bertz CT molecular complexity index is 1030. The molecule has 10 heteroatoms. The minimum atomic E-state index is -0.432. The maximum Gasteiger partial charge on any atom is 0.325 e. The SMILES string of the molecule is CCOC(=O)CN1CCc2cc(N3CCOc4ncnc(Cl)c4C3=O)ccc2C1=O. The number of anilines is 1. The second kappa shape index (κ2) is 8.27. The zero-order valence-electron chi connectivity index (χ0n) is 16.3. The van der Waals surface area contributed by atoms with Crippen molar-refractivity contribution in [1.29, 1.82) is 0 Å². The number of amides is 2. The highest BCUT2D eigenvalue weighted by atomic mass is 35.5. The lowest BCUT2D eigenvalue weighted by molar-refractivity contribution is -0.143. The summed E-state index contributed by atoms with van der Waals surface area (Å²) < 4.78 is 10.5. The van der Waals surface area contributed by atoms with Crippen molar-refractivity contribution in [3.8, 4) is 5.88 Å². The first kappa shape index (κ1) is 20.1. The van der Waals surface area contributed by atoms with Crippen LogP contribution in [-0.2, 0) is 16.0 Å². The molecule has 0 spiro atoms. The van der Waals surface area contributed by atoms with Gasteiger partial charge >= 0.3 is 5.97 Å². The molecule has 9 nitrogen and oxygen atoms in total. The van der Waals surface area contributed by atoms with Gasteiger partial charge in [0.15, 0.2) is 0 Å². The molecule has 0 N–H and O–H groups in total. The molecule has 3 heterocycles. The van der Waals surface area contributed by atoms with Gasteiger partial charge in [0.2, 0.25) is 5.88 Å². The largest absolute Gasteiger partial charge is 0.475 e. The molecule has 0 radical (unpaired) electrons. The Morgan fingerprint density at radius 3 is 2.87 bits per heavy atom. The number of esters is 1. The minimum absolute atomic E-state index is 0.0274. The van der Waals surface area contributed by atoms with Crippen LogP contribution in [0, 0.1) is 0 Å². The van der Waals surface area contributed by atoms with Crippen LogP contribution in [-0.4, -0.2) is 65.5 Å². The van der Waals surface area contributed by atoms with Crippen LogP contribution in [0.25, 0.3) is 0 Å². The van der Waals surface area contributed by atoms with E-state index in [1.54, 1.807) is 19.1 Å². The van der Waals surface area contributed by atoms with Crippen molar-refractivity contribution >= 4 is 35.1 Å². The Kier molecular flexibility index (Phi) is 5.54. The Morgan fingerprint density at radius 1 is 1.23 bits per heavy atom. The molecule has 0 bridgehead atoms.